The fraction of sp³-hybridized carbons (Fsp3) is 0.409. The van der Waals surface area contributed by atoms with Crippen LogP contribution in [-0.2, 0) is 22.5 Å². The lowest BCUT2D eigenvalue weighted by Crippen LogP contribution is -2.44. The van der Waals surface area contributed by atoms with Crippen LogP contribution in [0.15, 0.2) is 42.5 Å². The number of benzene rings is 2. The second-order valence-corrected chi connectivity index (χ2v) is 7.06. The molecule has 0 spiro atoms. The Morgan fingerprint density at radius 1 is 1.12 bits per heavy atom. The van der Waals surface area contributed by atoms with Gasteiger partial charge >= 0.3 is 5.97 Å². The van der Waals surface area contributed by atoms with Crippen LogP contribution in [0.5, 0.6) is 0 Å². The maximum absolute atomic E-state index is 12.3. The lowest BCUT2D eigenvalue weighted by atomic mass is 9.99. The molecule has 2 aromatic carbocycles. The summed E-state index contributed by atoms with van der Waals surface area (Å²) in [4.78, 5) is 14.6. The molecule has 1 aliphatic heterocycles. The summed E-state index contributed by atoms with van der Waals surface area (Å²) in [6, 6.07) is 15.4. The summed E-state index contributed by atoms with van der Waals surface area (Å²) in [5.41, 5.74) is 6.84. The molecule has 1 fully saturated rings. The smallest absolute Gasteiger partial charge is 0.323 e. The molecule has 3 heteroatoms. The molecular weight excluding hydrogens is 310 g/mol. The van der Waals surface area contributed by atoms with Gasteiger partial charge in [-0.25, -0.2) is 0 Å². The molecule has 3 nitrogen and oxygen atoms in total. The van der Waals surface area contributed by atoms with Gasteiger partial charge in [0.2, 0.25) is 0 Å². The number of nitrogens with zero attached hydrogens (tertiary/aromatic N) is 1. The van der Waals surface area contributed by atoms with Crippen LogP contribution in [0, 0.1) is 0 Å². The van der Waals surface area contributed by atoms with Crippen molar-refractivity contribution >= 4 is 5.97 Å². The van der Waals surface area contributed by atoms with Crippen molar-refractivity contribution in [1.82, 2.24) is 4.90 Å². The van der Waals surface area contributed by atoms with Crippen molar-refractivity contribution in [2.45, 2.75) is 45.2 Å². The molecule has 1 heterocycles. The maximum atomic E-state index is 12.3. The van der Waals surface area contributed by atoms with Crippen LogP contribution in [-0.4, -0.2) is 30.1 Å². The highest BCUT2D eigenvalue weighted by Gasteiger charge is 2.30. The minimum atomic E-state index is -0.0841. The summed E-state index contributed by atoms with van der Waals surface area (Å²) in [6.45, 7) is 4.14. The van der Waals surface area contributed by atoms with E-state index in [2.05, 4.69) is 47.4 Å². The largest absolute Gasteiger partial charge is 0.465 e. The topological polar surface area (TPSA) is 29.5 Å². The number of carbonyl (C=O) groups is 1. The van der Waals surface area contributed by atoms with Crippen molar-refractivity contribution < 1.29 is 9.53 Å². The lowest BCUT2D eigenvalue weighted by Gasteiger charge is -2.34. The summed E-state index contributed by atoms with van der Waals surface area (Å²) < 4.78 is 5.29. The molecule has 1 saturated heterocycles. The normalized spacial score (nSPS) is 19.3. The van der Waals surface area contributed by atoms with Crippen molar-refractivity contribution in [3.05, 3.63) is 59.2 Å². The van der Waals surface area contributed by atoms with Crippen LogP contribution >= 0.6 is 0 Å². The van der Waals surface area contributed by atoms with Crippen LogP contribution in [0.3, 0.4) is 0 Å². The van der Waals surface area contributed by atoms with E-state index >= 15 is 0 Å². The standard InChI is InChI=1S/C22H25NO2/c1-2-25-22(24)21-9-5-6-12-23(21)15-16-10-11-20-18(13-16)14-17-7-3-4-8-19(17)20/h3-4,7-8,10-11,13,21H,2,5-6,9,12,14-15H2,1H3/t21-/m0/s1. The Bertz CT molecular complexity index is 783. The van der Waals surface area contributed by atoms with Gasteiger partial charge in [0, 0.05) is 6.54 Å². The number of likely N-dealkylation sites (tertiary alicyclic amines) is 1. The molecule has 2 aromatic rings. The average molecular weight is 335 g/mol. The number of hydrogen-bond acceptors (Lipinski definition) is 3. The number of hydrogen-bond donors (Lipinski definition) is 0. The van der Waals surface area contributed by atoms with E-state index in [1.807, 2.05) is 6.92 Å². The fourth-order valence-corrected chi connectivity index (χ4v) is 4.22. The van der Waals surface area contributed by atoms with E-state index in [-0.39, 0.29) is 12.0 Å². The fourth-order valence-electron chi connectivity index (χ4n) is 4.22. The zero-order chi connectivity index (χ0) is 17.2. The monoisotopic (exact) mass is 335 g/mol. The Morgan fingerprint density at radius 3 is 2.84 bits per heavy atom. The molecule has 1 atom stereocenters. The number of fused-ring (bicyclic) bond motifs is 3. The highest BCUT2D eigenvalue weighted by molar-refractivity contribution is 5.77. The molecule has 0 unspecified atom stereocenters. The first kappa shape index (κ1) is 16.3. The van der Waals surface area contributed by atoms with Crippen LogP contribution in [0.4, 0.5) is 0 Å². The molecular formula is C22H25NO2. The van der Waals surface area contributed by atoms with Crippen LogP contribution < -0.4 is 0 Å². The van der Waals surface area contributed by atoms with E-state index in [4.69, 9.17) is 4.74 Å². The number of rotatable bonds is 4. The predicted octanol–water partition coefficient (Wildman–Crippen LogP) is 4.18. The molecule has 0 aromatic heterocycles. The zero-order valence-corrected chi connectivity index (χ0v) is 14.8. The van der Waals surface area contributed by atoms with E-state index in [1.54, 1.807) is 0 Å². The molecule has 1 aliphatic carbocycles. The lowest BCUT2D eigenvalue weighted by molar-refractivity contribution is -0.151. The Morgan fingerprint density at radius 2 is 1.96 bits per heavy atom. The van der Waals surface area contributed by atoms with Crippen molar-refractivity contribution in [3.63, 3.8) is 0 Å². The van der Waals surface area contributed by atoms with Gasteiger partial charge in [0.05, 0.1) is 6.61 Å². The summed E-state index contributed by atoms with van der Waals surface area (Å²) in [5.74, 6) is -0.0595. The Labute approximate surface area is 149 Å². The Balaban J connectivity index is 1.53. The van der Waals surface area contributed by atoms with Crippen molar-refractivity contribution in [2.75, 3.05) is 13.2 Å². The zero-order valence-electron chi connectivity index (χ0n) is 14.8. The van der Waals surface area contributed by atoms with Gasteiger partial charge < -0.3 is 4.74 Å². The number of piperidine rings is 1. The molecule has 0 N–H and O–H groups in total. The molecule has 0 bridgehead atoms. The highest BCUT2D eigenvalue weighted by Crippen LogP contribution is 2.37. The first-order valence-electron chi connectivity index (χ1n) is 9.37. The number of ether oxygens (including phenoxy) is 1. The van der Waals surface area contributed by atoms with Crippen molar-refractivity contribution in [1.29, 1.82) is 0 Å². The molecule has 0 radical (unpaired) electrons. The van der Waals surface area contributed by atoms with Crippen LogP contribution in [0.1, 0.15) is 42.9 Å². The van der Waals surface area contributed by atoms with Crippen LogP contribution in [0.2, 0.25) is 0 Å². The minimum absolute atomic E-state index is 0.0595. The summed E-state index contributed by atoms with van der Waals surface area (Å²) >= 11 is 0. The third-order valence-corrected chi connectivity index (χ3v) is 5.42. The molecule has 4 rings (SSSR count). The van der Waals surface area contributed by atoms with E-state index in [0.717, 1.165) is 38.8 Å². The van der Waals surface area contributed by atoms with Gasteiger partial charge in [-0.1, -0.05) is 48.9 Å². The third kappa shape index (κ3) is 3.21. The van der Waals surface area contributed by atoms with Gasteiger partial charge in [-0.05, 0) is 60.5 Å². The molecule has 0 amide bonds. The second kappa shape index (κ2) is 7.01. The molecule has 130 valence electrons. The Hall–Kier alpha value is -2.13. The quantitative estimate of drug-likeness (QED) is 0.670. The van der Waals surface area contributed by atoms with Gasteiger partial charge in [0.1, 0.15) is 6.04 Å². The van der Waals surface area contributed by atoms with Crippen molar-refractivity contribution in [2.24, 2.45) is 0 Å². The number of esters is 1. The van der Waals surface area contributed by atoms with Gasteiger partial charge in [-0.3, -0.25) is 9.69 Å². The Kier molecular flexibility index (Phi) is 4.58. The summed E-state index contributed by atoms with van der Waals surface area (Å²) in [5, 5.41) is 0. The summed E-state index contributed by atoms with van der Waals surface area (Å²) in [6.07, 6.45) is 4.20. The molecule has 2 aliphatic rings. The van der Waals surface area contributed by atoms with E-state index < -0.39 is 0 Å². The molecule has 0 saturated carbocycles. The second-order valence-electron chi connectivity index (χ2n) is 7.06. The minimum Gasteiger partial charge on any atom is -0.465 e. The maximum Gasteiger partial charge on any atom is 0.323 e. The predicted molar refractivity (Wildman–Crippen MR) is 99.4 cm³/mol. The van der Waals surface area contributed by atoms with Gasteiger partial charge in [-0.2, -0.15) is 0 Å². The summed E-state index contributed by atoms with van der Waals surface area (Å²) in [7, 11) is 0. The van der Waals surface area contributed by atoms with Gasteiger partial charge in [-0.15, -0.1) is 0 Å². The average Bonchev–Trinajstić information content (AvgIpc) is 3.00. The SMILES string of the molecule is CCOC(=O)[C@@H]1CCCCN1Cc1ccc2c(c1)Cc1ccccc1-2. The number of carbonyl (C=O) groups excluding carboxylic acids is 1. The van der Waals surface area contributed by atoms with Gasteiger partial charge in [0.15, 0.2) is 0 Å². The van der Waals surface area contributed by atoms with E-state index in [0.29, 0.717) is 6.61 Å². The highest BCUT2D eigenvalue weighted by atomic mass is 16.5. The first-order chi connectivity index (χ1) is 12.3. The molecule has 25 heavy (non-hydrogen) atoms. The van der Waals surface area contributed by atoms with Crippen molar-refractivity contribution in [3.8, 4) is 11.1 Å². The third-order valence-electron chi connectivity index (χ3n) is 5.42. The van der Waals surface area contributed by atoms with Gasteiger partial charge in [0.25, 0.3) is 0 Å². The first-order valence-corrected chi connectivity index (χ1v) is 9.37. The van der Waals surface area contributed by atoms with E-state index in [1.165, 1.54) is 27.8 Å². The van der Waals surface area contributed by atoms with E-state index in [9.17, 15) is 4.79 Å². The van der Waals surface area contributed by atoms with Crippen LogP contribution in [0.25, 0.3) is 11.1 Å².